The second-order valence-electron chi connectivity index (χ2n) is 4.82. The Labute approximate surface area is 127 Å². The molecule has 0 aliphatic carbocycles. The number of halogens is 3. The second-order valence-corrected chi connectivity index (χ2v) is 4.82. The monoisotopic (exact) mass is 319 g/mol. The molecule has 1 aromatic carbocycles. The van der Waals surface area contributed by atoms with Crippen LogP contribution in [0.4, 0.5) is 23.7 Å². The number of rotatable bonds is 7. The number of nitrogens with one attached hydrogen (secondary N) is 2. The summed E-state index contributed by atoms with van der Waals surface area (Å²) in [5.74, 6) is 0.679. The van der Waals surface area contributed by atoms with Crippen molar-refractivity contribution in [2.45, 2.75) is 12.6 Å². The molecule has 5 nitrogen and oxygen atoms in total. The number of carbonyl (C=O) groups excluding carboxylic acids is 1. The standard InChI is InChI=1S/C14H20F3N3O2/c1-20(10-14(15,16)17)9-3-8-18-13(21)19-11-4-6-12(22-2)7-5-11/h4-7H,3,8-10H2,1-2H3,(H2,18,19,21). The van der Waals surface area contributed by atoms with E-state index in [2.05, 4.69) is 10.6 Å². The summed E-state index contributed by atoms with van der Waals surface area (Å²) in [6.07, 6.45) is -3.77. The highest BCUT2D eigenvalue weighted by atomic mass is 19.4. The van der Waals surface area contributed by atoms with Crippen molar-refractivity contribution in [2.75, 3.05) is 39.1 Å². The predicted molar refractivity (Wildman–Crippen MR) is 78.2 cm³/mol. The van der Waals surface area contributed by atoms with Gasteiger partial charge in [-0.15, -0.1) is 0 Å². The summed E-state index contributed by atoms with van der Waals surface area (Å²) in [6.45, 7) is -0.405. The van der Waals surface area contributed by atoms with Crippen molar-refractivity contribution < 1.29 is 22.7 Å². The van der Waals surface area contributed by atoms with Crippen LogP contribution in [0.2, 0.25) is 0 Å². The molecule has 0 saturated heterocycles. The molecule has 0 fully saturated rings. The van der Waals surface area contributed by atoms with Crippen molar-refractivity contribution in [2.24, 2.45) is 0 Å². The topological polar surface area (TPSA) is 53.6 Å². The normalized spacial score (nSPS) is 11.4. The van der Waals surface area contributed by atoms with Crippen LogP contribution in [0, 0.1) is 0 Å². The Kier molecular flexibility index (Phi) is 6.97. The molecule has 2 amide bonds. The van der Waals surface area contributed by atoms with Crippen molar-refractivity contribution >= 4 is 11.7 Å². The SMILES string of the molecule is COc1ccc(NC(=O)NCCCN(C)CC(F)(F)F)cc1. The fraction of sp³-hybridized carbons (Fsp3) is 0.500. The summed E-state index contributed by atoms with van der Waals surface area (Å²) in [6, 6.07) is 6.40. The maximum Gasteiger partial charge on any atom is 0.401 e. The Hall–Kier alpha value is -1.96. The number of ether oxygens (including phenoxy) is 1. The Morgan fingerprint density at radius 1 is 1.27 bits per heavy atom. The van der Waals surface area contributed by atoms with Gasteiger partial charge in [-0.05, 0) is 44.3 Å². The van der Waals surface area contributed by atoms with E-state index in [4.69, 9.17) is 4.74 Å². The van der Waals surface area contributed by atoms with E-state index in [1.807, 2.05) is 0 Å². The lowest BCUT2D eigenvalue weighted by Crippen LogP contribution is -2.34. The number of benzene rings is 1. The molecule has 0 heterocycles. The second kappa shape index (κ2) is 8.47. The van der Waals surface area contributed by atoms with Gasteiger partial charge in [0.05, 0.1) is 13.7 Å². The van der Waals surface area contributed by atoms with Crippen LogP contribution in [-0.4, -0.2) is 50.9 Å². The highest BCUT2D eigenvalue weighted by Gasteiger charge is 2.28. The first-order valence-electron chi connectivity index (χ1n) is 6.74. The van der Waals surface area contributed by atoms with Gasteiger partial charge >= 0.3 is 12.2 Å². The first-order valence-corrected chi connectivity index (χ1v) is 6.74. The average molecular weight is 319 g/mol. The van der Waals surface area contributed by atoms with Crippen molar-refractivity contribution in [3.8, 4) is 5.75 Å². The van der Waals surface area contributed by atoms with Crippen LogP contribution in [0.3, 0.4) is 0 Å². The van der Waals surface area contributed by atoms with Gasteiger partial charge in [0.1, 0.15) is 5.75 Å². The molecule has 1 rings (SSSR count). The van der Waals surface area contributed by atoms with E-state index in [0.717, 1.165) is 0 Å². The van der Waals surface area contributed by atoms with E-state index >= 15 is 0 Å². The van der Waals surface area contributed by atoms with Gasteiger partial charge in [0, 0.05) is 12.2 Å². The lowest BCUT2D eigenvalue weighted by atomic mass is 10.3. The van der Waals surface area contributed by atoms with Crippen LogP contribution >= 0.6 is 0 Å². The lowest BCUT2D eigenvalue weighted by Gasteiger charge is -2.18. The lowest BCUT2D eigenvalue weighted by molar-refractivity contribution is -0.143. The van der Waals surface area contributed by atoms with Gasteiger partial charge in [-0.25, -0.2) is 4.79 Å². The highest BCUT2D eigenvalue weighted by Crippen LogP contribution is 2.16. The summed E-state index contributed by atoms with van der Waals surface area (Å²) in [7, 11) is 2.94. The maximum absolute atomic E-state index is 12.1. The summed E-state index contributed by atoms with van der Waals surface area (Å²) in [5.41, 5.74) is 0.604. The zero-order valence-corrected chi connectivity index (χ0v) is 12.5. The average Bonchev–Trinajstić information content (AvgIpc) is 2.42. The van der Waals surface area contributed by atoms with E-state index < -0.39 is 18.8 Å². The Morgan fingerprint density at radius 2 is 1.91 bits per heavy atom. The van der Waals surface area contributed by atoms with Gasteiger partial charge < -0.3 is 15.4 Å². The predicted octanol–water partition coefficient (Wildman–Crippen LogP) is 2.70. The van der Waals surface area contributed by atoms with Crippen LogP contribution in [0.5, 0.6) is 5.75 Å². The van der Waals surface area contributed by atoms with Crippen molar-refractivity contribution in [1.29, 1.82) is 0 Å². The van der Waals surface area contributed by atoms with Gasteiger partial charge in [0.2, 0.25) is 0 Å². The summed E-state index contributed by atoms with van der Waals surface area (Å²) in [4.78, 5) is 12.8. The van der Waals surface area contributed by atoms with Crippen LogP contribution in [0.15, 0.2) is 24.3 Å². The fourth-order valence-corrected chi connectivity index (χ4v) is 1.79. The Balaban J connectivity index is 2.20. The number of alkyl halides is 3. The van der Waals surface area contributed by atoms with Crippen molar-refractivity contribution in [3.05, 3.63) is 24.3 Å². The van der Waals surface area contributed by atoms with Crippen molar-refractivity contribution in [3.63, 3.8) is 0 Å². The summed E-state index contributed by atoms with van der Waals surface area (Å²) >= 11 is 0. The molecular weight excluding hydrogens is 299 g/mol. The smallest absolute Gasteiger partial charge is 0.401 e. The number of anilines is 1. The molecule has 0 aromatic heterocycles. The molecule has 1 aromatic rings. The first-order chi connectivity index (χ1) is 10.3. The molecule has 0 spiro atoms. The summed E-state index contributed by atoms with van der Waals surface area (Å²) in [5, 5.41) is 5.21. The fourth-order valence-electron chi connectivity index (χ4n) is 1.79. The molecular formula is C14H20F3N3O2. The van der Waals surface area contributed by atoms with Gasteiger partial charge in [-0.1, -0.05) is 0 Å². The van der Waals surface area contributed by atoms with E-state index in [-0.39, 0.29) is 6.54 Å². The van der Waals surface area contributed by atoms with Gasteiger partial charge in [0.15, 0.2) is 0 Å². The van der Waals surface area contributed by atoms with Gasteiger partial charge in [-0.2, -0.15) is 13.2 Å². The first kappa shape index (κ1) is 18.1. The third-order valence-corrected chi connectivity index (χ3v) is 2.80. The van der Waals surface area contributed by atoms with Crippen LogP contribution < -0.4 is 15.4 Å². The minimum Gasteiger partial charge on any atom is -0.497 e. The number of methoxy groups -OCH3 is 1. The highest BCUT2D eigenvalue weighted by molar-refractivity contribution is 5.89. The van der Waals surface area contributed by atoms with Crippen LogP contribution in [-0.2, 0) is 0 Å². The van der Waals surface area contributed by atoms with Gasteiger partial charge in [-0.3, -0.25) is 4.90 Å². The largest absolute Gasteiger partial charge is 0.497 e. The Morgan fingerprint density at radius 3 is 2.45 bits per heavy atom. The zero-order chi connectivity index (χ0) is 16.6. The molecule has 0 radical (unpaired) electrons. The molecule has 0 saturated carbocycles. The number of hydrogen-bond donors (Lipinski definition) is 2. The molecule has 2 N–H and O–H groups in total. The minimum atomic E-state index is -4.20. The number of carbonyl (C=O) groups is 1. The molecule has 0 unspecified atom stereocenters. The van der Waals surface area contributed by atoms with Crippen molar-refractivity contribution in [1.82, 2.24) is 10.2 Å². The molecule has 0 atom stereocenters. The minimum absolute atomic E-state index is 0.252. The van der Waals surface area contributed by atoms with E-state index in [1.54, 1.807) is 31.4 Å². The third kappa shape index (κ3) is 7.72. The molecule has 124 valence electrons. The number of hydrogen-bond acceptors (Lipinski definition) is 3. The number of nitrogens with zero attached hydrogens (tertiary/aromatic N) is 1. The van der Waals surface area contributed by atoms with E-state index in [9.17, 15) is 18.0 Å². The van der Waals surface area contributed by atoms with E-state index in [0.29, 0.717) is 24.4 Å². The quantitative estimate of drug-likeness (QED) is 0.760. The number of urea groups is 1. The molecule has 8 heteroatoms. The van der Waals surface area contributed by atoms with Crippen LogP contribution in [0.1, 0.15) is 6.42 Å². The Bertz CT molecular complexity index is 463. The van der Waals surface area contributed by atoms with Gasteiger partial charge in [0.25, 0.3) is 0 Å². The molecule has 0 aliphatic heterocycles. The number of amides is 2. The molecule has 0 bridgehead atoms. The summed E-state index contributed by atoms with van der Waals surface area (Å²) < 4.78 is 41.3. The molecule has 22 heavy (non-hydrogen) atoms. The van der Waals surface area contributed by atoms with Crippen LogP contribution in [0.25, 0.3) is 0 Å². The molecule has 0 aliphatic rings. The third-order valence-electron chi connectivity index (χ3n) is 2.80. The van der Waals surface area contributed by atoms with E-state index in [1.165, 1.54) is 11.9 Å². The maximum atomic E-state index is 12.1. The zero-order valence-electron chi connectivity index (χ0n) is 12.5.